The summed E-state index contributed by atoms with van der Waals surface area (Å²) in [6, 6.07) is 9.29. The topological polar surface area (TPSA) is 67.3 Å². The maximum absolute atomic E-state index is 12.5. The number of hydrogen-bond acceptors (Lipinski definition) is 4. The van der Waals surface area contributed by atoms with Crippen molar-refractivity contribution in [3.63, 3.8) is 0 Å². The van der Waals surface area contributed by atoms with E-state index in [2.05, 4.69) is 22.2 Å². The second-order valence-electron chi connectivity index (χ2n) is 7.70. The smallest absolute Gasteiger partial charge is 0.317 e. The number of hydrogen-bond donors (Lipinski definition) is 1. The van der Waals surface area contributed by atoms with Gasteiger partial charge in [0.1, 0.15) is 6.10 Å². The molecule has 2 heterocycles. The third-order valence-electron chi connectivity index (χ3n) is 5.51. The molecular weight excluding hydrogens is 352 g/mol. The quantitative estimate of drug-likeness (QED) is 0.807. The third kappa shape index (κ3) is 5.44. The molecule has 1 N–H and O–H groups in total. The molecule has 2 aromatic rings. The van der Waals surface area contributed by atoms with Crippen molar-refractivity contribution in [3.05, 3.63) is 54.0 Å². The predicted molar refractivity (Wildman–Crippen MR) is 109 cm³/mol. The molecule has 0 bridgehead atoms. The molecule has 0 aromatic carbocycles. The summed E-state index contributed by atoms with van der Waals surface area (Å²) < 4.78 is 6.05. The summed E-state index contributed by atoms with van der Waals surface area (Å²) in [4.78, 5) is 22.8. The fourth-order valence-electron chi connectivity index (χ4n) is 3.44. The third-order valence-corrected chi connectivity index (χ3v) is 5.51. The number of amides is 2. The van der Waals surface area contributed by atoms with Crippen LogP contribution >= 0.6 is 0 Å². The summed E-state index contributed by atoms with van der Waals surface area (Å²) in [5.41, 5.74) is 1.84. The van der Waals surface area contributed by atoms with Gasteiger partial charge in [-0.1, -0.05) is 13.0 Å². The monoisotopic (exact) mass is 382 g/mol. The number of carbonyl (C=O) groups excluding carboxylic acids is 1. The number of nitrogens with zero attached hydrogens (tertiary/aromatic N) is 3. The summed E-state index contributed by atoms with van der Waals surface area (Å²) >= 11 is 0. The van der Waals surface area contributed by atoms with E-state index in [0.29, 0.717) is 12.4 Å². The van der Waals surface area contributed by atoms with Gasteiger partial charge in [0.05, 0.1) is 11.7 Å². The summed E-state index contributed by atoms with van der Waals surface area (Å²) in [6.07, 6.45) is 8.31. The lowest BCUT2D eigenvalue weighted by molar-refractivity contribution is 0.130. The van der Waals surface area contributed by atoms with E-state index in [1.54, 1.807) is 24.3 Å². The second kappa shape index (κ2) is 9.53. The van der Waals surface area contributed by atoms with Crippen LogP contribution in [0.1, 0.15) is 56.8 Å². The highest BCUT2D eigenvalue weighted by Crippen LogP contribution is 2.26. The zero-order valence-corrected chi connectivity index (χ0v) is 17.0. The molecule has 0 radical (unpaired) electrons. The maximum Gasteiger partial charge on any atom is 0.317 e. The van der Waals surface area contributed by atoms with E-state index in [-0.39, 0.29) is 18.2 Å². The van der Waals surface area contributed by atoms with Crippen LogP contribution in [0, 0.1) is 5.92 Å². The molecule has 6 nitrogen and oxygen atoms in total. The Balaban J connectivity index is 1.52. The van der Waals surface area contributed by atoms with Gasteiger partial charge in [-0.3, -0.25) is 4.98 Å². The standard InChI is InChI=1S/C22H30N4O2/c1-16-7-9-19(10-8-16)28-21-14-18(11-13-24-21)15-25-22(27)26(3)17(2)20-6-4-5-12-23-20/h4-6,11-14,16-17,19H,7-10,15H2,1-3H3,(H,25,27)/t16?,17-,19?/m0/s1. The van der Waals surface area contributed by atoms with Gasteiger partial charge >= 0.3 is 6.03 Å². The number of aromatic nitrogens is 2. The molecule has 0 spiro atoms. The molecule has 150 valence electrons. The molecule has 0 unspecified atom stereocenters. The molecule has 1 aliphatic carbocycles. The Labute approximate surface area is 167 Å². The normalized spacial score (nSPS) is 20.2. The summed E-state index contributed by atoms with van der Waals surface area (Å²) in [7, 11) is 1.78. The molecule has 2 amide bonds. The molecule has 28 heavy (non-hydrogen) atoms. The molecule has 2 aromatic heterocycles. The van der Waals surface area contributed by atoms with E-state index in [1.807, 2.05) is 37.3 Å². The van der Waals surface area contributed by atoms with Crippen LogP contribution in [0.5, 0.6) is 5.88 Å². The van der Waals surface area contributed by atoms with Crippen LogP contribution in [0.15, 0.2) is 42.7 Å². The summed E-state index contributed by atoms with van der Waals surface area (Å²) in [6.45, 7) is 4.69. The minimum atomic E-state index is -0.140. The largest absolute Gasteiger partial charge is 0.474 e. The summed E-state index contributed by atoms with van der Waals surface area (Å²) in [5, 5.41) is 2.96. The molecule has 1 fully saturated rings. The van der Waals surface area contributed by atoms with E-state index in [0.717, 1.165) is 30.0 Å². The minimum absolute atomic E-state index is 0.105. The highest BCUT2D eigenvalue weighted by atomic mass is 16.5. The lowest BCUT2D eigenvalue weighted by atomic mass is 9.89. The number of carbonyl (C=O) groups is 1. The molecule has 6 heteroatoms. The predicted octanol–water partition coefficient (Wildman–Crippen LogP) is 4.34. The van der Waals surface area contributed by atoms with E-state index in [4.69, 9.17) is 4.74 Å². The Bertz CT molecular complexity index is 760. The first-order valence-corrected chi connectivity index (χ1v) is 10.1. The Morgan fingerprint density at radius 3 is 2.71 bits per heavy atom. The zero-order valence-electron chi connectivity index (χ0n) is 17.0. The van der Waals surface area contributed by atoms with Crippen molar-refractivity contribution in [3.8, 4) is 5.88 Å². The van der Waals surface area contributed by atoms with E-state index < -0.39 is 0 Å². The fourth-order valence-corrected chi connectivity index (χ4v) is 3.44. The first-order valence-electron chi connectivity index (χ1n) is 10.1. The average molecular weight is 383 g/mol. The Morgan fingerprint density at radius 1 is 1.21 bits per heavy atom. The number of ether oxygens (including phenoxy) is 1. The van der Waals surface area contributed by atoms with Crippen LogP contribution in [-0.4, -0.2) is 34.1 Å². The van der Waals surface area contributed by atoms with Crippen LogP contribution in [0.3, 0.4) is 0 Å². The van der Waals surface area contributed by atoms with E-state index in [1.165, 1.54) is 12.8 Å². The van der Waals surface area contributed by atoms with Crippen molar-refractivity contribution in [2.75, 3.05) is 7.05 Å². The molecule has 3 rings (SSSR count). The van der Waals surface area contributed by atoms with Crippen molar-refractivity contribution >= 4 is 6.03 Å². The van der Waals surface area contributed by atoms with Crippen LogP contribution in [0.2, 0.25) is 0 Å². The van der Waals surface area contributed by atoms with Gasteiger partial charge in [-0.2, -0.15) is 0 Å². The Kier molecular flexibility index (Phi) is 6.85. The highest BCUT2D eigenvalue weighted by molar-refractivity contribution is 5.74. The Morgan fingerprint density at radius 2 is 2.00 bits per heavy atom. The summed E-state index contributed by atoms with van der Waals surface area (Å²) in [5.74, 6) is 1.43. The number of pyridine rings is 2. The molecule has 1 aliphatic rings. The van der Waals surface area contributed by atoms with Gasteiger partial charge in [0, 0.05) is 32.1 Å². The van der Waals surface area contributed by atoms with Crippen molar-refractivity contribution in [2.24, 2.45) is 5.92 Å². The number of nitrogens with one attached hydrogen (secondary N) is 1. The van der Waals surface area contributed by atoms with Crippen molar-refractivity contribution < 1.29 is 9.53 Å². The second-order valence-corrected chi connectivity index (χ2v) is 7.70. The lowest BCUT2D eigenvalue weighted by Gasteiger charge is -2.26. The first-order chi connectivity index (χ1) is 13.5. The molecule has 1 saturated carbocycles. The van der Waals surface area contributed by atoms with Gasteiger partial charge < -0.3 is 15.0 Å². The van der Waals surface area contributed by atoms with Gasteiger partial charge in [0.15, 0.2) is 0 Å². The van der Waals surface area contributed by atoms with Gasteiger partial charge in [0.25, 0.3) is 0 Å². The fraction of sp³-hybridized carbons (Fsp3) is 0.500. The first kappa shape index (κ1) is 20.1. The van der Waals surface area contributed by atoms with Gasteiger partial charge in [-0.05, 0) is 62.3 Å². The van der Waals surface area contributed by atoms with E-state index in [9.17, 15) is 4.79 Å². The van der Waals surface area contributed by atoms with E-state index >= 15 is 0 Å². The van der Waals surface area contributed by atoms with Crippen molar-refractivity contribution in [2.45, 2.75) is 58.2 Å². The molecule has 0 aliphatic heterocycles. The molecule has 1 atom stereocenters. The molecular formula is C22H30N4O2. The zero-order chi connectivity index (χ0) is 19.9. The average Bonchev–Trinajstić information content (AvgIpc) is 2.73. The van der Waals surface area contributed by atoms with Crippen LogP contribution in [0.25, 0.3) is 0 Å². The number of urea groups is 1. The van der Waals surface area contributed by atoms with Crippen molar-refractivity contribution in [1.82, 2.24) is 20.2 Å². The van der Waals surface area contributed by atoms with Crippen LogP contribution in [0.4, 0.5) is 4.79 Å². The minimum Gasteiger partial charge on any atom is -0.474 e. The molecule has 0 saturated heterocycles. The van der Waals surface area contributed by atoms with Gasteiger partial charge in [-0.15, -0.1) is 0 Å². The van der Waals surface area contributed by atoms with Crippen LogP contribution in [-0.2, 0) is 6.54 Å². The lowest BCUT2D eigenvalue weighted by Crippen LogP contribution is -2.38. The Hall–Kier alpha value is -2.63. The van der Waals surface area contributed by atoms with Gasteiger partial charge in [-0.25, -0.2) is 9.78 Å². The van der Waals surface area contributed by atoms with Gasteiger partial charge in [0.2, 0.25) is 5.88 Å². The SMILES string of the molecule is CC1CCC(Oc2cc(CNC(=O)N(C)[C@@H](C)c3ccccn3)ccn2)CC1. The number of rotatable bonds is 6. The van der Waals surface area contributed by atoms with Crippen molar-refractivity contribution in [1.29, 1.82) is 0 Å². The maximum atomic E-state index is 12.5. The highest BCUT2D eigenvalue weighted by Gasteiger charge is 2.20. The van der Waals surface area contributed by atoms with Crippen LogP contribution < -0.4 is 10.1 Å².